The van der Waals surface area contributed by atoms with Crippen LogP contribution >= 0.6 is 0 Å². The molecule has 0 saturated carbocycles. The first-order valence-electron chi connectivity index (χ1n) is 11.8. The summed E-state index contributed by atoms with van der Waals surface area (Å²) in [5.41, 5.74) is 2.63. The second kappa shape index (κ2) is 12.2. The number of anilines is 2. The molecule has 3 N–H and O–H groups in total. The maximum absolute atomic E-state index is 12.4. The maximum Gasteiger partial charge on any atom is 0.337 e. The van der Waals surface area contributed by atoms with Crippen LogP contribution in [0.15, 0.2) is 97.1 Å². The topological polar surface area (TPSA) is 114 Å². The predicted octanol–water partition coefficient (Wildman–Crippen LogP) is 5.90. The van der Waals surface area contributed by atoms with Crippen molar-refractivity contribution in [1.82, 2.24) is 0 Å². The van der Waals surface area contributed by atoms with Crippen LogP contribution in [0.25, 0.3) is 0 Å². The number of aromatic carboxylic acids is 1. The molecule has 0 aliphatic rings. The molecule has 8 heteroatoms. The number of carbonyl (C=O) groups is 3. The van der Waals surface area contributed by atoms with Crippen molar-refractivity contribution in [1.29, 1.82) is 0 Å². The molecular weight excluding hydrogens is 484 g/mol. The first-order valence-corrected chi connectivity index (χ1v) is 11.8. The number of ether oxygens (including phenoxy) is 2. The van der Waals surface area contributed by atoms with Gasteiger partial charge in [0.15, 0.2) is 0 Å². The molecule has 4 rings (SSSR count). The molecular formula is C30H26N2O6. The lowest BCUT2D eigenvalue weighted by Gasteiger charge is -2.12. The Morgan fingerprint density at radius 3 is 1.95 bits per heavy atom. The molecule has 0 heterocycles. The Morgan fingerprint density at radius 1 is 0.711 bits per heavy atom. The first kappa shape index (κ1) is 26.0. The molecule has 0 bridgehead atoms. The highest BCUT2D eigenvalue weighted by molar-refractivity contribution is 6.01. The van der Waals surface area contributed by atoms with E-state index < -0.39 is 5.97 Å². The van der Waals surface area contributed by atoms with E-state index in [9.17, 15) is 19.5 Å². The van der Waals surface area contributed by atoms with E-state index in [0.717, 1.165) is 11.1 Å². The van der Waals surface area contributed by atoms with E-state index in [0.29, 0.717) is 29.5 Å². The minimum absolute atomic E-state index is 0.0378. The minimum Gasteiger partial charge on any atom is -0.489 e. The summed E-state index contributed by atoms with van der Waals surface area (Å²) in [6, 6.07) is 28.0. The van der Waals surface area contributed by atoms with Gasteiger partial charge in [-0.3, -0.25) is 9.59 Å². The van der Waals surface area contributed by atoms with E-state index >= 15 is 0 Å². The first-order chi connectivity index (χ1) is 18.4. The van der Waals surface area contributed by atoms with E-state index in [1.165, 1.54) is 13.0 Å². The highest BCUT2D eigenvalue weighted by Crippen LogP contribution is 2.26. The summed E-state index contributed by atoms with van der Waals surface area (Å²) >= 11 is 0. The van der Waals surface area contributed by atoms with Crippen LogP contribution < -0.4 is 20.1 Å². The number of carboxylic acids is 1. The van der Waals surface area contributed by atoms with Gasteiger partial charge in [0.1, 0.15) is 23.9 Å². The van der Waals surface area contributed by atoms with Gasteiger partial charge < -0.3 is 25.2 Å². The monoisotopic (exact) mass is 510 g/mol. The molecule has 0 radical (unpaired) electrons. The van der Waals surface area contributed by atoms with Crippen LogP contribution in [-0.4, -0.2) is 22.9 Å². The standard InChI is InChI=1S/C30H26N2O6/c1-20(33)31-27-8-4-2-6-22(27)19-37-23-14-16-25(17-15-23)38-24-12-10-21(11-13-24)18-29(34)32-28-9-5-3-7-26(28)30(35)36/h2-17H,18-19H2,1H3,(H,31,33)(H,32,34)(H,35,36). The van der Waals surface area contributed by atoms with Gasteiger partial charge in [0.25, 0.3) is 0 Å². The van der Waals surface area contributed by atoms with Crippen molar-refractivity contribution >= 4 is 29.2 Å². The summed E-state index contributed by atoms with van der Waals surface area (Å²) in [7, 11) is 0. The Bertz CT molecular complexity index is 1430. The van der Waals surface area contributed by atoms with Crippen molar-refractivity contribution in [3.8, 4) is 17.2 Å². The number of nitrogens with one attached hydrogen (secondary N) is 2. The smallest absolute Gasteiger partial charge is 0.337 e. The van der Waals surface area contributed by atoms with Gasteiger partial charge in [-0.2, -0.15) is 0 Å². The van der Waals surface area contributed by atoms with Gasteiger partial charge in [-0.05, 0) is 60.2 Å². The minimum atomic E-state index is -1.10. The van der Waals surface area contributed by atoms with Crippen molar-refractivity contribution in [3.05, 3.63) is 114 Å². The maximum atomic E-state index is 12.4. The summed E-state index contributed by atoms with van der Waals surface area (Å²) in [6.07, 6.45) is 0.0886. The van der Waals surface area contributed by atoms with E-state index in [4.69, 9.17) is 9.47 Å². The highest BCUT2D eigenvalue weighted by Gasteiger charge is 2.12. The molecule has 0 fully saturated rings. The molecule has 0 aliphatic heterocycles. The summed E-state index contributed by atoms with van der Waals surface area (Å²) in [6.45, 7) is 1.76. The fourth-order valence-corrected chi connectivity index (χ4v) is 3.69. The van der Waals surface area contributed by atoms with Crippen molar-refractivity contribution in [2.45, 2.75) is 20.0 Å². The molecule has 4 aromatic carbocycles. The number of carbonyl (C=O) groups excluding carboxylic acids is 2. The molecule has 0 spiro atoms. The SMILES string of the molecule is CC(=O)Nc1ccccc1COc1ccc(Oc2ccc(CC(=O)Nc3ccccc3C(=O)O)cc2)cc1. The second-order valence-corrected chi connectivity index (χ2v) is 8.42. The van der Waals surface area contributed by atoms with Crippen LogP contribution in [0.1, 0.15) is 28.4 Å². The van der Waals surface area contributed by atoms with E-state index in [1.54, 1.807) is 66.7 Å². The summed E-state index contributed by atoms with van der Waals surface area (Å²) in [5.74, 6) is 0.310. The highest BCUT2D eigenvalue weighted by atomic mass is 16.5. The number of carboxylic acid groups (broad SMARTS) is 1. The van der Waals surface area contributed by atoms with E-state index in [2.05, 4.69) is 10.6 Å². The fraction of sp³-hybridized carbons (Fsp3) is 0.100. The molecule has 0 atom stereocenters. The summed E-state index contributed by atoms with van der Waals surface area (Å²) < 4.78 is 11.7. The van der Waals surface area contributed by atoms with Crippen LogP contribution in [0.3, 0.4) is 0 Å². The lowest BCUT2D eigenvalue weighted by Crippen LogP contribution is -2.16. The molecule has 0 unspecified atom stereocenters. The van der Waals surface area contributed by atoms with Gasteiger partial charge in [0.2, 0.25) is 11.8 Å². The van der Waals surface area contributed by atoms with E-state index in [-0.39, 0.29) is 29.5 Å². The third-order valence-corrected chi connectivity index (χ3v) is 5.50. The Morgan fingerprint density at radius 2 is 1.29 bits per heavy atom. The number of hydrogen-bond donors (Lipinski definition) is 3. The van der Waals surface area contributed by atoms with Gasteiger partial charge >= 0.3 is 5.97 Å². The van der Waals surface area contributed by atoms with E-state index in [1.807, 2.05) is 24.3 Å². The Labute approximate surface area is 219 Å². The number of benzene rings is 4. The zero-order chi connectivity index (χ0) is 26.9. The van der Waals surface area contributed by atoms with Crippen molar-refractivity contribution < 1.29 is 29.0 Å². The Kier molecular flexibility index (Phi) is 8.35. The number of amides is 2. The van der Waals surface area contributed by atoms with Gasteiger partial charge in [-0.1, -0.05) is 42.5 Å². The summed E-state index contributed by atoms with van der Waals surface area (Å²) in [4.78, 5) is 35.1. The molecule has 4 aromatic rings. The lowest BCUT2D eigenvalue weighted by atomic mass is 10.1. The third-order valence-electron chi connectivity index (χ3n) is 5.50. The second-order valence-electron chi connectivity index (χ2n) is 8.42. The van der Waals surface area contributed by atoms with Gasteiger partial charge in [0.05, 0.1) is 17.7 Å². The molecule has 2 amide bonds. The van der Waals surface area contributed by atoms with Crippen molar-refractivity contribution in [3.63, 3.8) is 0 Å². The van der Waals surface area contributed by atoms with Crippen molar-refractivity contribution in [2.75, 3.05) is 10.6 Å². The quantitative estimate of drug-likeness (QED) is 0.245. The molecule has 38 heavy (non-hydrogen) atoms. The fourth-order valence-electron chi connectivity index (χ4n) is 3.69. The van der Waals surface area contributed by atoms with Gasteiger partial charge in [0, 0.05) is 18.2 Å². The lowest BCUT2D eigenvalue weighted by molar-refractivity contribution is -0.116. The average Bonchev–Trinajstić information content (AvgIpc) is 2.90. The van der Waals surface area contributed by atoms with Crippen LogP contribution in [0, 0.1) is 0 Å². The molecule has 0 saturated heterocycles. The zero-order valence-electron chi connectivity index (χ0n) is 20.6. The van der Waals surface area contributed by atoms with Crippen LogP contribution in [0.2, 0.25) is 0 Å². The van der Waals surface area contributed by atoms with Crippen molar-refractivity contribution in [2.24, 2.45) is 0 Å². The van der Waals surface area contributed by atoms with Crippen LogP contribution in [0.4, 0.5) is 11.4 Å². The number of para-hydroxylation sites is 2. The Hall–Kier alpha value is -5.11. The Balaban J connectivity index is 1.30. The third kappa shape index (κ3) is 7.20. The number of rotatable bonds is 10. The molecule has 0 aromatic heterocycles. The summed E-state index contributed by atoms with van der Waals surface area (Å²) in [5, 5.41) is 14.7. The average molecular weight is 511 g/mol. The molecule has 0 aliphatic carbocycles. The van der Waals surface area contributed by atoms with Crippen LogP contribution in [0.5, 0.6) is 17.2 Å². The van der Waals surface area contributed by atoms with Crippen LogP contribution in [-0.2, 0) is 22.6 Å². The predicted molar refractivity (Wildman–Crippen MR) is 144 cm³/mol. The van der Waals surface area contributed by atoms with Gasteiger partial charge in [-0.15, -0.1) is 0 Å². The number of hydrogen-bond acceptors (Lipinski definition) is 5. The zero-order valence-corrected chi connectivity index (χ0v) is 20.6. The van der Waals surface area contributed by atoms with Gasteiger partial charge in [-0.25, -0.2) is 4.79 Å². The molecule has 192 valence electrons. The molecule has 8 nitrogen and oxygen atoms in total. The largest absolute Gasteiger partial charge is 0.489 e. The normalized spacial score (nSPS) is 10.3.